The van der Waals surface area contributed by atoms with E-state index in [2.05, 4.69) is 15.9 Å². The Labute approximate surface area is 135 Å². The second kappa shape index (κ2) is 5.76. The number of benzene rings is 3. The normalized spacial score (nSPS) is 12.6. The fourth-order valence-electron chi connectivity index (χ4n) is 2.48. The highest BCUT2D eigenvalue weighted by Crippen LogP contribution is 2.34. The average molecular weight is 365 g/mol. The fourth-order valence-corrected chi connectivity index (χ4v) is 3.30. The van der Waals surface area contributed by atoms with E-state index in [4.69, 9.17) is 17.3 Å². The average Bonchev–Trinajstić information content (AvgIpc) is 2.47. The van der Waals surface area contributed by atoms with Crippen LogP contribution in [0.2, 0.25) is 5.02 Å². The number of halogens is 3. The van der Waals surface area contributed by atoms with Crippen LogP contribution in [0.15, 0.2) is 59.1 Å². The second-order valence-electron chi connectivity index (χ2n) is 4.83. The minimum Gasteiger partial charge on any atom is -0.320 e. The number of hydrogen-bond donors (Lipinski definition) is 1. The molecule has 0 fully saturated rings. The number of rotatable bonds is 2. The highest BCUT2D eigenvalue weighted by molar-refractivity contribution is 9.10. The molecule has 0 aliphatic rings. The summed E-state index contributed by atoms with van der Waals surface area (Å²) in [6.45, 7) is 0. The smallest absolute Gasteiger partial charge is 0.124 e. The third kappa shape index (κ3) is 2.69. The molecule has 1 nitrogen and oxygen atoms in total. The Bertz CT molecular complexity index is 819. The third-order valence-electron chi connectivity index (χ3n) is 3.54. The van der Waals surface area contributed by atoms with E-state index in [-0.39, 0.29) is 11.9 Å². The molecule has 21 heavy (non-hydrogen) atoms. The molecular weight excluding hydrogens is 353 g/mol. The minimum atomic E-state index is -0.359. The van der Waals surface area contributed by atoms with Crippen LogP contribution in [0.25, 0.3) is 10.8 Å². The fraction of sp³-hybridized carbons (Fsp3) is 0.0588. The van der Waals surface area contributed by atoms with Gasteiger partial charge in [-0.05, 0) is 34.7 Å². The van der Waals surface area contributed by atoms with Crippen LogP contribution in [0.1, 0.15) is 17.2 Å². The summed E-state index contributed by atoms with van der Waals surface area (Å²) in [6, 6.07) is 15.8. The van der Waals surface area contributed by atoms with Crippen molar-refractivity contribution in [2.75, 3.05) is 0 Å². The molecule has 0 saturated heterocycles. The summed E-state index contributed by atoms with van der Waals surface area (Å²) in [7, 11) is 0. The SMILES string of the molecule is NC(c1ccc(F)cc1Br)c1ccc(Cl)c2ccccc12. The summed E-state index contributed by atoms with van der Waals surface area (Å²) in [5.41, 5.74) is 8.19. The third-order valence-corrected chi connectivity index (χ3v) is 4.55. The molecule has 0 radical (unpaired) electrons. The largest absolute Gasteiger partial charge is 0.320 e. The molecule has 2 N–H and O–H groups in total. The van der Waals surface area contributed by atoms with Crippen molar-refractivity contribution in [1.29, 1.82) is 0 Å². The lowest BCUT2D eigenvalue weighted by Gasteiger charge is -2.17. The Morgan fingerprint density at radius 1 is 0.952 bits per heavy atom. The highest BCUT2D eigenvalue weighted by Gasteiger charge is 2.16. The van der Waals surface area contributed by atoms with Crippen molar-refractivity contribution < 1.29 is 4.39 Å². The van der Waals surface area contributed by atoms with E-state index in [1.165, 1.54) is 12.1 Å². The van der Waals surface area contributed by atoms with E-state index in [1.807, 2.05) is 36.4 Å². The number of hydrogen-bond acceptors (Lipinski definition) is 1. The van der Waals surface area contributed by atoms with Crippen molar-refractivity contribution >= 4 is 38.3 Å². The van der Waals surface area contributed by atoms with Gasteiger partial charge in [0, 0.05) is 14.9 Å². The molecular formula is C17H12BrClFN. The number of nitrogens with two attached hydrogens (primary N) is 1. The predicted octanol–water partition coefficient (Wildman–Crippen LogP) is 5.44. The molecule has 0 aliphatic heterocycles. The first-order valence-corrected chi connectivity index (χ1v) is 7.62. The van der Waals surface area contributed by atoms with E-state index >= 15 is 0 Å². The zero-order chi connectivity index (χ0) is 15.0. The molecule has 0 spiro atoms. The Kier molecular flexibility index (Phi) is 3.98. The lowest BCUT2D eigenvalue weighted by molar-refractivity contribution is 0.625. The molecule has 0 aliphatic carbocycles. The lowest BCUT2D eigenvalue weighted by atomic mass is 9.94. The van der Waals surface area contributed by atoms with E-state index in [1.54, 1.807) is 6.07 Å². The van der Waals surface area contributed by atoms with Crippen LogP contribution in [0.4, 0.5) is 4.39 Å². The summed E-state index contributed by atoms with van der Waals surface area (Å²) >= 11 is 9.61. The molecule has 3 aromatic rings. The van der Waals surface area contributed by atoms with Crippen LogP contribution in [0, 0.1) is 5.82 Å². The zero-order valence-corrected chi connectivity index (χ0v) is 13.3. The summed E-state index contributed by atoms with van der Waals surface area (Å²) in [6.07, 6.45) is 0. The van der Waals surface area contributed by atoms with Crippen LogP contribution in [-0.4, -0.2) is 0 Å². The van der Waals surface area contributed by atoms with Gasteiger partial charge in [0.1, 0.15) is 5.82 Å². The molecule has 0 saturated carbocycles. The predicted molar refractivity (Wildman–Crippen MR) is 89.1 cm³/mol. The van der Waals surface area contributed by atoms with Crippen LogP contribution in [0.5, 0.6) is 0 Å². The van der Waals surface area contributed by atoms with Gasteiger partial charge in [-0.25, -0.2) is 4.39 Å². The first-order chi connectivity index (χ1) is 10.1. The van der Waals surface area contributed by atoms with Gasteiger partial charge in [-0.2, -0.15) is 0 Å². The molecule has 1 atom stereocenters. The molecule has 4 heteroatoms. The van der Waals surface area contributed by atoms with Gasteiger partial charge in [-0.3, -0.25) is 0 Å². The van der Waals surface area contributed by atoms with E-state index in [0.29, 0.717) is 9.50 Å². The van der Waals surface area contributed by atoms with Gasteiger partial charge >= 0.3 is 0 Å². The van der Waals surface area contributed by atoms with Crippen molar-refractivity contribution in [2.45, 2.75) is 6.04 Å². The quantitative estimate of drug-likeness (QED) is 0.643. The molecule has 1 unspecified atom stereocenters. The maximum Gasteiger partial charge on any atom is 0.124 e. The van der Waals surface area contributed by atoms with E-state index < -0.39 is 0 Å². The summed E-state index contributed by atoms with van der Waals surface area (Å²) < 4.78 is 13.9. The van der Waals surface area contributed by atoms with Gasteiger partial charge in [0.25, 0.3) is 0 Å². The second-order valence-corrected chi connectivity index (χ2v) is 6.09. The standard InChI is InChI=1S/C17H12BrClFN/c18-15-9-10(20)5-6-14(15)17(21)13-7-8-16(19)12-4-2-1-3-11(12)13/h1-9,17H,21H2. The first kappa shape index (κ1) is 14.5. The molecule has 0 heterocycles. The monoisotopic (exact) mass is 363 g/mol. The van der Waals surface area contributed by atoms with Crippen LogP contribution in [0.3, 0.4) is 0 Å². The Morgan fingerprint density at radius 2 is 1.62 bits per heavy atom. The maximum atomic E-state index is 13.2. The molecule has 0 bridgehead atoms. The molecule has 0 aromatic heterocycles. The van der Waals surface area contributed by atoms with Gasteiger partial charge in [0.05, 0.1) is 6.04 Å². The first-order valence-electron chi connectivity index (χ1n) is 6.45. The van der Waals surface area contributed by atoms with Crippen molar-refractivity contribution in [1.82, 2.24) is 0 Å². The molecule has 0 amide bonds. The summed E-state index contributed by atoms with van der Waals surface area (Å²) in [5, 5.41) is 2.67. The topological polar surface area (TPSA) is 26.0 Å². The lowest BCUT2D eigenvalue weighted by Crippen LogP contribution is -2.13. The molecule has 3 aromatic carbocycles. The van der Waals surface area contributed by atoms with E-state index in [9.17, 15) is 4.39 Å². The maximum absolute atomic E-state index is 13.2. The van der Waals surface area contributed by atoms with Crippen molar-refractivity contribution in [3.63, 3.8) is 0 Å². The van der Waals surface area contributed by atoms with Crippen LogP contribution in [-0.2, 0) is 0 Å². The summed E-state index contributed by atoms with van der Waals surface area (Å²) in [5.74, 6) is -0.293. The Balaban J connectivity index is 2.18. The molecule has 106 valence electrons. The minimum absolute atomic E-state index is 0.293. The van der Waals surface area contributed by atoms with Gasteiger partial charge in [0.15, 0.2) is 0 Å². The Morgan fingerprint density at radius 3 is 2.33 bits per heavy atom. The van der Waals surface area contributed by atoms with Crippen molar-refractivity contribution in [3.8, 4) is 0 Å². The highest BCUT2D eigenvalue weighted by atomic mass is 79.9. The van der Waals surface area contributed by atoms with Gasteiger partial charge < -0.3 is 5.73 Å². The number of fused-ring (bicyclic) bond motifs is 1. The van der Waals surface area contributed by atoms with Crippen molar-refractivity contribution in [3.05, 3.63) is 81.0 Å². The molecule has 3 rings (SSSR count). The summed E-state index contributed by atoms with van der Waals surface area (Å²) in [4.78, 5) is 0. The zero-order valence-electron chi connectivity index (χ0n) is 11.0. The van der Waals surface area contributed by atoms with Gasteiger partial charge in [-0.1, -0.05) is 63.9 Å². The van der Waals surface area contributed by atoms with Crippen LogP contribution >= 0.6 is 27.5 Å². The van der Waals surface area contributed by atoms with Gasteiger partial charge in [0.2, 0.25) is 0 Å². The van der Waals surface area contributed by atoms with Crippen LogP contribution < -0.4 is 5.73 Å². The Hall–Kier alpha value is -1.42. The van der Waals surface area contributed by atoms with E-state index in [0.717, 1.165) is 21.9 Å². The van der Waals surface area contributed by atoms with Gasteiger partial charge in [-0.15, -0.1) is 0 Å². The van der Waals surface area contributed by atoms with Crippen molar-refractivity contribution in [2.24, 2.45) is 5.73 Å².